The smallest absolute Gasteiger partial charge is 0.246 e. The minimum Gasteiger partial charge on any atom is -0.418 e. The highest BCUT2D eigenvalue weighted by Crippen LogP contribution is 2.63. The van der Waals surface area contributed by atoms with Crippen LogP contribution in [-0.2, 0) is 4.43 Å². The molecule has 2 aliphatic carbocycles. The molecule has 2 unspecified atom stereocenters. The van der Waals surface area contributed by atoms with Gasteiger partial charge in [-0.3, -0.25) is 0 Å². The van der Waals surface area contributed by atoms with Gasteiger partial charge in [0.15, 0.2) is 0 Å². The zero-order valence-corrected chi connectivity index (χ0v) is 9.74. The van der Waals surface area contributed by atoms with E-state index in [1.807, 2.05) is 0 Å². The molecule has 0 spiro atoms. The largest absolute Gasteiger partial charge is 0.418 e. The SMILES string of the molecule is CC1=C(C)C2(CO[Si])CCC1(C)C2. The molecule has 0 amide bonds. The number of hydrogen-bond donors (Lipinski definition) is 0. The second kappa shape index (κ2) is 2.70. The van der Waals surface area contributed by atoms with E-state index in [0.717, 1.165) is 6.61 Å². The molecule has 0 aliphatic heterocycles. The quantitative estimate of drug-likeness (QED) is 0.484. The Morgan fingerprint density at radius 3 is 2.46 bits per heavy atom. The molecule has 71 valence electrons. The maximum atomic E-state index is 5.18. The molecule has 2 rings (SSSR count). The van der Waals surface area contributed by atoms with Gasteiger partial charge in [-0.05, 0) is 38.5 Å². The van der Waals surface area contributed by atoms with Crippen molar-refractivity contribution in [1.82, 2.24) is 0 Å². The average Bonchev–Trinajstić information content (AvgIpc) is 2.50. The molecule has 2 atom stereocenters. The van der Waals surface area contributed by atoms with Gasteiger partial charge < -0.3 is 4.43 Å². The van der Waals surface area contributed by atoms with Crippen molar-refractivity contribution in [3.8, 4) is 0 Å². The van der Waals surface area contributed by atoms with Gasteiger partial charge >= 0.3 is 0 Å². The molecule has 2 aliphatic rings. The van der Waals surface area contributed by atoms with Gasteiger partial charge in [-0.2, -0.15) is 0 Å². The summed E-state index contributed by atoms with van der Waals surface area (Å²) in [4.78, 5) is 0. The molecule has 0 N–H and O–H groups in total. The summed E-state index contributed by atoms with van der Waals surface area (Å²) in [6.45, 7) is 7.81. The van der Waals surface area contributed by atoms with Gasteiger partial charge in [0.2, 0.25) is 10.5 Å². The van der Waals surface area contributed by atoms with Crippen molar-refractivity contribution >= 4 is 10.5 Å². The average molecular weight is 193 g/mol. The van der Waals surface area contributed by atoms with Gasteiger partial charge in [0.1, 0.15) is 0 Å². The molecule has 3 radical (unpaired) electrons. The van der Waals surface area contributed by atoms with Gasteiger partial charge in [-0.15, -0.1) is 0 Å². The maximum absolute atomic E-state index is 5.18. The minimum atomic E-state index is 0.362. The van der Waals surface area contributed by atoms with E-state index in [4.69, 9.17) is 4.43 Å². The predicted molar refractivity (Wildman–Crippen MR) is 54.5 cm³/mol. The first-order chi connectivity index (χ1) is 6.04. The van der Waals surface area contributed by atoms with Gasteiger partial charge in [-0.1, -0.05) is 18.1 Å². The molecule has 0 aromatic carbocycles. The first kappa shape index (κ1) is 9.47. The Bertz CT molecular complexity index is 267. The number of rotatable bonds is 2. The van der Waals surface area contributed by atoms with Gasteiger partial charge in [-0.25, -0.2) is 0 Å². The van der Waals surface area contributed by atoms with Crippen LogP contribution in [0.5, 0.6) is 0 Å². The molecule has 0 heterocycles. The van der Waals surface area contributed by atoms with Crippen LogP contribution >= 0.6 is 0 Å². The van der Waals surface area contributed by atoms with E-state index in [1.54, 1.807) is 11.1 Å². The van der Waals surface area contributed by atoms with Crippen LogP contribution in [0.4, 0.5) is 0 Å². The van der Waals surface area contributed by atoms with Crippen LogP contribution in [0.1, 0.15) is 40.0 Å². The molecule has 2 heteroatoms. The first-order valence-corrected chi connectivity index (χ1v) is 5.42. The Hall–Kier alpha value is -0.0831. The minimum absolute atomic E-state index is 0.362. The molecule has 0 saturated heterocycles. The molecular formula is C11H17OSi. The van der Waals surface area contributed by atoms with Crippen LogP contribution in [0.25, 0.3) is 0 Å². The third-order valence-electron chi connectivity index (χ3n) is 4.50. The summed E-state index contributed by atoms with van der Waals surface area (Å²) < 4.78 is 5.18. The second-order valence-corrected chi connectivity index (χ2v) is 5.35. The van der Waals surface area contributed by atoms with Crippen LogP contribution in [0.15, 0.2) is 11.1 Å². The molecule has 0 aromatic heterocycles. The third-order valence-corrected chi connectivity index (χ3v) is 4.64. The molecule has 0 aromatic rings. The zero-order chi connectivity index (χ0) is 9.69. The van der Waals surface area contributed by atoms with E-state index in [2.05, 4.69) is 31.3 Å². The fourth-order valence-electron chi connectivity index (χ4n) is 3.30. The lowest BCUT2D eigenvalue weighted by Crippen LogP contribution is -2.23. The summed E-state index contributed by atoms with van der Waals surface area (Å²) in [6.07, 6.45) is 3.94. The number of allylic oxidation sites excluding steroid dienone is 1. The normalized spacial score (nSPS) is 43.4. The van der Waals surface area contributed by atoms with Crippen molar-refractivity contribution in [2.45, 2.75) is 40.0 Å². The highest BCUT2D eigenvalue weighted by atomic mass is 28.2. The number of fused-ring (bicyclic) bond motifs is 2. The summed E-state index contributed by atoms with van der Waals surface area (Å²) in [5.41, 5.74) is 4.04. The summed E-state index contributed by atoms with van der Waals surface area (Å²) >= 11 is 0. The summed E-state index contributed by atoms with van der Waals surface area (Å²) in [6, 6.07) is 0. The Kier molecular flexibility index (Phi) is 1.97. The Balaban J connectivity index is 2.36. The van der Waals surface area contributed by atoms with Crippen molar-refractivity contribution in [3.05, 3.63) is 11.1 Å². The molecular weight excluding hydrogens is 176 g/mol. The van der Waals surface area contributed by atoms with Crippen LogP contribution < -0.4 is 0 Å². The van der Waals surface area contributed by atoms with Crippen LogP contribution in [0, 0.1) is 10.8 Å². The van der Waals surface area contributed by atoms with Crippen molar-refractivity contribution < 1.29 is 4.43 Å². The predicted octanol–water partition coefficient (Wildman–Crippen LogP) is 2.61. The van der Waals surface area contributed by atoms with Crippen molar-refractivity contribution in [2.24, 2.45) is 10.8 Å². The third kappa shape index (κ3) is 1.08. The lowest BCUT2D eigenvalue weighted by atomic mass is 9.79. The van der Waals surface area contributed by atoms with Crippen LogP contribution in [0.2, 0.25) is 0 Å². The zero-order valence-electron chi connectivity index (χ0n) is 8.74. The highest BCUT2D eigenvalue weighted by Gasteiger charge is 2.53. The lowest BCUT2D eigenvalue weighted by molar-refractivity contribution is 0.197. The van der Waals surface area contributed by atoms with Gasteiger partial charge in [0.25, 0.3) is 0 Å². The fraction of sp³-hybridized carbons (Fsp3) is 0.818. The fourth-order valence-corrected chi connectivity index (χ4v) is 3.58. The highest BCUT2D eigenvalue weighted by molar-refractivity contribution is 5.98. The Morgan fingerprint density at radius 2 is 2.00 bits per heavy atom. The maximum Gasteiger partial charge on any atom is 0.246 e. The van der Waals surface area contributed by atoms with Crippen LogP contribution in [-0.4, -0.2) is 17.1 Å². The standard InChI is InChI=1S/C11H17OSi/c1-8-9(2)11(7-12-13)5-4-10(8,3)6-11/h4-7H2,1-3H3. The van der Waals surface area contributed by atoms with E-state index < -0.39 is 0 Å². The van der Waals surface area contributed by atoms with Gasteiger partial charge in [0.05, 0.1) is 0 Å². The van der Waals surface area contributed by atoms with Crippen LogP contribution in [0.3, 0.4) is 0 Å². The van der Waals surface area contributed by atoms with E-state index >= 15 is 0 Å². The first-order valence-electron chi connectivity index (χ1n) is 5.01. The van der Waals surface area contributed by atoms with Crippen molar-refractivity contribution in [2.75, 3.05) is 6.61 Å². The topological polar surface area (TPSA) is 9.23 Å². The molecule has 13 heavy (non-hydrogen) atoms. The van der Waals surface area contributed by atoms with Crippen molar-refractivity contribution in [1.29, 1.82) is 0 Å². The Labute approximate surface area is 84.1 Å². The monoisotopic (exact) mass is 193 g/mol. The number of hydrogen-bond acceptors (Lipinski definition) is 1. The van der Waals surface area contributed by atoms with Crippen molar-refractivity contribution in [3.63, 3.8) is 0 Å². The van der Waals surface area contributed by atoms with E-state index in [-0.39, 0.29) is 0 Å². The molecule has 1 saturated carbocycles. The lowest BCUT2D eigenvalue weighted by Gasteiger charge is -2.29. The Morgan fingerprint density at radius 1 is 1.31 bits per heavy atom. The summed E-state index contributed by atoms with van der Waals surface area (Å²) in [5, 5.41) is 0. The molecule has 2 bridgehead atoms. The molecule has 1 fully saturated rings. The van der Waals surface area contributed by atoms with E-state index in [9.17, 15) is 0 Å². The summed E-state index contributed by atoms with van der Waals surface area (Å²) in [7, 11) is 3.14. The van der Waals surface area contributed by atoms with E-state index in [0.29, 0.717) is 10.8 Å². The summed E-state index contributed by atoms with van der Waals surface area (Å²) in [5.74, 6) is 0. The van der Waals surface area contributed by atoms with Gasteiger partial charge in [0, 0.05) is 12.0 Å². The molecule has 1 nitrogen and oxygen atoms in total. The van der Waals surface area contributed by atoms with E-state index in [1.165, 1.54) is 19.3 Å². The second-order valence-electron chi connectivity index (χ2n) is 5.06.